The Morgan fingerprint density at radius 2 is 2.21 bits per heavy atom. The number of carboxylic acids is 1. The lowest BCUT2D eigenvalue weighted by atomic mass is 9.89. The van der Waals surface area contributed by atoms with E-state index in [4.69, 9.17) is 0 Å². The second-order valence-electron chi connectivity index (χ2n) is 6.17. The highest BCUT2D eigenvalue weighted by molar-refractivity contribution is 5.78. The van der Waals surface area contributed by atoms with Crippen LogP contribution < -0.4 is 5.32 Å². The van der Waals surface area contributed by atoms with Crippen molar-refractivity contribution >= 4 is 5.97 Å². The molecule has 2 N–H and O–H groups in total. The zero-order chi connectivity index (χ0) is 14.5. The lowest BCUT2D eigenvalue weighted by Gasteiger charge is -2.32. The molecule has 1 heterocycles. The third-order valence-corrected chi connectivity index (χ3v) is 4.32. The second-order valence-corrected chi connectivity index (χ2v) is 6.17. The number of carboxylic acid groups (broad SMARTS) is 1. The van der Waals surface area contributed by atoms with Crippen LogP contribution in [0.15, 0.2) is 0 Å². The van der Waals surface area contributed by atoms with Crippen LogP contribution in [0, 0.1) is 0 Å². The van der Waals surface area contributed by atoms with Crippen LogP contribution in [-0.4, -0.2) is 46.7 Å². The smallest absolute Gasteiger partial charge is 0.323 e. The Bertz CT molecular complexity index is 294. The van der Waals surface area contributed by atoms with Gasteiger partial charge >= 0.3 is 5.97 Å². The van der Waals surface area contributed by atoms with Gasteiger partial charge in [-0.05, 0) is 66.0 Å². The molecule has 1 saturated heterocycles. The van der Waals surface area contributed by atoms with Gasteiger partial charge in [0, 0.05) is 12.1 Å². The van der Waals surface area contributed by atoms with Gasteiger partial charge in [-0.25, -0.2) is 0 Å². The van der Waals surface area contributed by atoms with Crippen LogP contribution in [0.1, 0.15) is 59.8 Å². The molecule has 1 rings (SSSR count). The molecule has 2 unspecified atom stereocenters. The summed E-state index contributed by atoms with van der Waals surface area (Å²) in [7, 11) is 0. The monoisotopic (exact) mass is 270 g/mol. The molecule has 0 spiro atoms. The van der Waals surface area contributed by atoms with Gasteiger partial charge in [-0.1, -0.05) is 6.92 Å². The van der Waals surface area contributed by atoms with Crippen molar-refractivity contribution in [1.82, 2.24) is 10.2 Å². The van der Waals surface area contributed by atoms with E-state index in [0.29, 0.717) is 18.9 Å². The molecular weight excluding hydrogens is 240 g/mol. The van der Waals surface area contributed by atoms with Gasteiger partial charge in [0.15, 0.2) is 0 Å². The molecule has 0 aromatic heterocycles. The van der Waals surface area contributed by atoms with Gasteiger partial charge < -0.3 is 10.0 Å². The molecule has 0 aliphatic carbocycles. The van der Waals surface area contributed by atoms with E-state index in [1.807, 2.05) is 20.8 Å². The van der Waals surface area contributed by atoms with Gasteiger partial charge in [0.25, 0.3) is 0 Å². The molecule has 0 aromatic carbocycles. The zero-order valence-electron chi connectivity index (χ0n) is 12.9. The third kappa shape index (κ3) is 4.46. The minimum atomic E-state index is -0.753. The normalized spacial score (nSPS) is 23.7. The molecule has 0 saturated carbocycles. The van der Waals surface area contributed by atoms with Crippen LogP contribution in [0.5, 0.6) is 0 Å². The predicted molar refractivity (Wildman–Crippen MR) is 78.4 cm³/mol. The van der Waals surface area contributed by atoms with Crippen LogP contribution in [0.25, 0.3) is 0 Å². The summed E-state index contributed by atoms with van der Waals surface area (Å²) < 4.78 is 0. The maximum atomic E-state index is 11.6. The standard InChI is InChI=1S/C15H30N2O2/c1-5-15(14(18)19,16-12(2)3)9-7-11-17-10-6-8-13(17)4/h12-13,16H,5-11H2,1-4H3,(H,18,19). The molecule has 1 fully saturated rings. The summed E-state index contributed by atoms with van der Waals surface area (Å²) in [5, 5.41) is 12.8. The molecule has 0 aromatic rings. The Labute approximate surface area is 117 Å². The van der Waals surface area contributed by atoms with Crippen molar-refractivity contribution in [3.8, 4) is 0 Å². The first kappa shape index (κ1) is 16.4. The van der Waals surface area contributed by atoms with E-state index in [0.717, 1.165) is 13.0 Å². The van der Waals surface area contributed by atoms with Gasteiger partial charge in [-0.3, -0.25) is 10.1 Å². The first-order valence-electron chi connectivity index (χ1n) is 7.66. The van der Waals surface area contributed by atoms with Crippen molar-refractivity contribution in [1.29, 1.82) is 0 Å². The van der Waals surface area contributed by atoms with Gasteiger partial charge in [-0.15, -0.1) is 0 Å². The largest absolute Gasteiger partial charge is 0.480 e. The summed E-state index contributed by atoms with van der Waals surface area (Å²) in [6.07, 6.45) is 4.85. The quantitative estimate of drug-likeness (QED) is 0.711. The van der Waals surface area contributed by atoms with E-state index in [-0.39, 0.29) is 6.04 Å². The van der Waals surface area contributed by atoms with Crippen molar-refractivity contribution in [3.63, 3.8) is 0 Å². The van der Waals surface area contributed by atoms with Crippen LogP contribution in [0.2, 0.25) is 0 Å². The average Bonchev–Trinajstić information content (AvgIpc) is 2.73. The van der Waals surface area contributed by atoms with Gasteiger partial charge in [0.05, 0.1) is 0 Å². The van der Waals surface area contributed by atoms with E-state index in [1.54, 1.807) is 0 Å². The molecular formula is C15H30N2O2. The summed E-state index contributed by atoms with van der Waals surface area (Å²) in [6.45, 7) is 10.4. The fourth-order valence-corrected chi connectivity index (χ4v) is 3.13. The summed E-state index contributed by atoms with van der Waals surface area (Å²) in [5.74, 6) is -0.710. The minimum Gasteiger partial charge on any atom is -0.480 e. The SMILES string of the molecule is CCC(CCCN1CCCC1C)(NC(C)C)C(=O)O. The molecule has 4 heteroatoms. The first-order chi connectivity index (χ1) is 8.91. The highest BCUT2D eigenvalue weighted by Gasteiger charge is 2.36. The minimum absolute atomic E-state index is 0.196. The maximum absolute atomic E-state index is 11.6. The first-order valence-corrected chi connectivity index (χ1v) is 7.66. The highest BCUT2D eigenvalue weighted by atomic mass is 16.4. The number of nitrogens with one attached hydrogen (secondary N) is 1. The van der Waals surface area contributed by atoms with E-state index in [1.165, 1.54) is 19.4 Å². The summed E-state index contributed by atoms with van der Waals surface area (Å²) >= 11 is 0. The van der Waals surface area contributed by atoms with Crippen LogP contribution in [0.4, 0.5) is 0 Å². The Balaban J connectivity index is 2.50. The molecule has 1 aliphatic heterocycles. The Hall–Kier alpha value is -0.610. The second kappa shape index (κ2) is 7.25. The molecule has 4 nitrogen and oxygen atoms in total. The van der Waals surface area contributed by atoms with Crippen LogP contribution >= 0.6 is 0 Å². The summed E-state index contributed by atoms with van der Waals surface area (Å²) in [6, 6.07) is 0.862. The summed E-state index contributed by atoms with van der Waals surface area (Å²) in [4.78, 5) is 14.1. The van der Waals surface area contributed by atoms with Crippen LogP contribution in [-0.2, 0) is 4.79 Å². The predicted octanol–water partition coefficient (Wildman–Crippen LogP) is 2.48. The Morgan fingerprint density at radius 3 is 2.63 bits per heavy atom. The van der Waals surface area contributed by atoms with Crippen molar-refractivity contribution < 1.29 is 9.90 Å². The maximum Gasteiger partial charge on any atom is 0.323 e. The number of aliphatic carboxylic acids is 1. The molecule has 0 radical (unpaired) electrons. The molecule has 112 valence electrons. The van der Waals surface area contributed by atoms with Gasteiger partial charge in [-0.2, -0.15) is 0 Å². The van der Waals surface area contributed by atoms with E-state index >= 15 is 0 Å². The van der Waals surface area contributed by atoms with Crippen molar-refractivity contribution in [2.24, 2.45) is 0 Å². The highest BCUT2D eigenvalue weighted by Crippen LogP contribution is 2.22. The molecule has 0 amide bonds. The number of hydrogen-bond acceptors (Lipinski definition) is 3. The lowest BCUT2D eigenvalue weighted by Crippen LogP contribution is -2.54. The fourth-order valence-electron chi connectivity index (χ4n) is 3.13. The van der Waals surface area contributed by atoms with Crippen molar-refractivity contribution in [3.05, 3.63) is 0 Å². The Morgan fingerprint density at radius 1 is 1.53 bits per heavy atom. The molecule has 2 atom stereocenters. The number of hydrogen-bond donors (Lipinski definition) is 2. The Kier molecular flexibility index (Phi) is 6.27. The number of carbonyl (C=O) groups is 1. The van der Waals surface area contributed by atoms with E-state index in [2.05, 4.69) is 17.1 Å². The van der Waals surface area contributed by atoms with E-state index < -0.39 is 11.5 Å². The molecule has 0 bridgehead atoms. The van der Waals surface area contributed by atoms with E-state index in [9.17, 15) is 9.90 Å². The number of nitrogens with zero attached hydrogens (tertiary/aromatic N) is 1. The molecule has 19 heavy (non-hydrogen) atoms. The van der Waals surface area contributed by atoms with Gasteiger partial charge in [0.1, 0.15) is 5.54 Å². The van der Waals surface area contributed by atoms with Gasteiger partial charge in [0.2, 0.25) is 0 Å². The summed E-state index contributed by atoms with van der Waals surface area (Å²) in [5.41, 5.74) is -0.753. The number of rotatable bonds is 8. The molecule has 1 aliphatic rings. The topological polar surface area (TPSA) is 52.6 Å². The fraction of sp³-hybridized carbons (Fsp3) is 0.933. The zero-order valence-corrected chi connectivity index (χ0v) is 12.9. The third-order valence-electron chi connectivity index (χ3n) is 4.32. The number of likely N-dealkylation sites (tertiary alicyclic amines) is 1. The van der Waals surface area contributed by atoms with Crippen molar-refractivity contribution in [2.75, 3.05) is 13.1 Å². The lowest BCUT2D eigenvalue weighted by molar-refractivity contribution is -0.145. The average molecular weight is 270 g/mol. The van der Waals surface area contributed by atoms with Crippen LogP contribution in [0.3, 0.4) is 0 Å². The van der Waals surface area contributed by atoms with Crippen molar-refractivity contribution in [2.45, 2.75) is 77.4 Å².